The predicted octanol–water partition coefficient (Wildman–Crippen LogP) is 1.29. The van der Waals surface area contributed by atoms with Crippen LogP contribution < -0.4 is 5.73 Å². The first-order valence-corrected chi connectivity index (χ1v) is 3.11. The fourth-order valence-corrected chi connectivity index (χ4v) is 0.883. The van der Waals surface area contributed by atoms with Gasteiger partial charge in [0.15, 0.2) is 0 Å². The molecule has 0 amide bonds. The first-order chi connectivity index (χ1) is 4.10. The summed E-state index contributed by atoms with van der Waals surface area (Å²) in [4.78, 5) is 3.94. The molecule has 9 heavy (non-hydrogen) atoms. The minimum absolute atomic E-state index is 0.214. The molecule has 0 spiro atoms. The lowest BCUT2D eigenvalue weighted by molar-refractivity contribution is 0.497. The Hall–Kier alpha value is -0.790. The van der Waals surface area contributed by atoms with Crippen molar-refractivity contribution < 1.29 is 0 Å². The van der Waals surface area contributed by atoms with Crippen LogP contribution in [0, 0.1) is 5.41 Å². The molecule has 0 bridgehead atoms. The number of rotatable bonds is 0. The second-order valence-electron chi connectivity index (χ2n) is 3.07. The van der Waals surface area contributed by atoms with Gasteiger partial charge in [-0.2, -0.15) is 0 Å². The van der Waals surface area contributed by atoms with Crippen molar-refractivity contribution >= 4 is 6.21 Å². The number of aliphatic imine (C=N–C) groups is 1. The highest BCUT2D eigenvalue weighted by Crippen LogP contribution is 2.24. The molecule has 2 heteroatoms. The van der Waals surface area contributed by atoms with Crippen molar-refractivity contribution in [2.24, 2.45) is 16.1 Å². The molecule has 1 aliphatic rings. The minimum Gasteiger partial charge on any atom is -0.384 e. The van der Waals surface area contributed by atoms with E-state index in [4.69, 9.17) is 5.73 Å². The third-order valence-electron chi connectivity index (χ3n) is 1.40. The number of hydrogen-bond donors (Lipinski definition) is 1. The molecule has 0 radical (unpaired) electrons. The first-order valence-electron chi connectivity index (χ1n) is 3.11. The Kier molecular flexibility index (Phi) is 1.31. The molecular weight excluding hydrogens is 112 g/mol. The van der Waals surface area contributed by atoms with E-state index in [0.717, 1.165) is 6.42 Å². The van der Waals surface area contributed by atoms with E-state index >= 15 is 0 Å². The monoisotopic (exact) mass is 124 g/mol. The van der Waals surface area contributed by atoms with Crippen LogP contribution in [0.25, 0.3) is 0 Å². The van der Waals surface area contributed by atoms with Gasteiger partial charge in [-0.05, 0) is 17.9 Å². The molecule has 0 aromatic rings. The van der Waals surface area contributed by atoms with Crippen LogP contribution in [-0.4, -0.2) is 6.21 Å². The molecule has 0 aromatic heterocycles. The molecule has 1 rings (SSSR count). The normalized spacial score (nSPS) is 23.6. The van der Waals surface area contributed by atoms with E-state index in [1.807, 2.05) is 12.3 Å². The summed E-state index contributed by atoms with van der Waals surface area (Å²) in [5.74, 6) is 0.645. The average molecular weight is 124 g/mol. The van der Waals surface area contributed by atoms with Gasteiger partial charge in [0.25, 0.3) is 0 Å². The van der Waals surface area contributed by atoms with Crippen LogP contribution in [0.15, 0.2) is 16.9 Å². The standard InChI is InChI=1S/C7H12N2/c1-7(2)3-4-9-6(8)5-7/h4-5H,3,8H2,1-2H3. The van der Waals surface area contributed by atoms with E-state index in [1.165, 1.54) is 0 Å². The third-order valence-corrected chi connectivity index (χ3v) is 1.40. The summed E-state index contributed by atoms with van der Waals surface area (Å²) < 4.78 is 0. The van der Waals surface area contributed by atoms with E-state index in [2.05, 4.69) is 18.8 Å². The van der Waals surface area contributed by atoms with Crippen molar-refractivity contribution in [3.63, 3.8) is 0 Å². The van der Waals surface area contributed by atoms with Gasteiger partial charge in [-0.15, -0.1) is 0 Å². The van der Waals surface area contributed by atoms with Crippen LogP contribution in [0.3, 0.4) is 0 Å². The maximum absolute atomic E-state index is 5.47. The molecule has 1 aliphatic heterocycles. The highest BCUT2D eigenvalue weighted by molar-refractivity contribution is 5.62. The summed E-state index contributed by atoms with van der Waals surface area (Å²) in [6.07, 6.45) is 4.86. The second-order valence-corrected chi connectivity index (χ2v) is 3.07. The van der Waals surface area contributed by atoms with E-state index in [-0.39, 0.29) is 5.41 Å². The molecular formula is C7H12N2. The van der Waals surface area contributed by atoms with Crippen LogP contribution in [0.5, 0.6) is 0 Å². The smallest absolute Gasteiger partial charge is 0.119 e. The quantitative estimate of drug-likeness (QED) is 0.519. The van der Waals surface area contributed by atoms with E-state index in [0.29, 0.717) is 5.82 Å². The fourth-order valence-electron chi connectivity index (χ4n) is 0.883. The molecule has 2 nitrogen and oxygen atoms in total. The summed E-state index contributed by atoms with van der Waals surface area (Å²) in [6.45, 7) is 4.29. The zero-order valence-corrected chi connectivity index (χ0v) is 5.89. The number of nitrogens with zero attached hydrogens (tertiary/aromatic N) is 1. The van der Waals surface area contributed by atoms with Gasteiger partial charge in [-0.25, -0.2) is 4.99 Å². The van der Waals surface area contributed by atoms with Gasteiger partial charge in [0.2, 0.25) is 0 Å². The van der Waals surface area contributed by atoms with Gasteiger partial charge in [-0.1, -0.05) is 13.8 Å². The summed E-state index contributed by atoms with van der Waals surface area (Å²) in [6, 6.07) is 0. The van der Waals surface area contributed by atoms with Gasteiger partial charge in [0.1, 0.15) is 5.82 Å². The van der Waals surface area contributed by atoms with Gasteiger partial charge in [0, 0.05) is 6.21 Å². The fraction of sp³-hybridized carbons (Fsp3) is 0.571. The first kappa shape index (κ1) is 6.33. The molecule has 2 N–H and O–H groups in total. The van der Waals surface area contributed by atoms with E-state index < -0.39 is 0 Å². The molecule has 0 atom stereocenters. The Morgan fingerprint density at radius 2 is 2.33 bits per heavy atom. The average Bonchev–Trinajstić information content (AvgIpc) is 1.60. The highest BCUT2D eigenvalue weighted by Gasteiger charge is 2.15. The van der Waals surface area contributed by atoms with Crippen molar-refractivity contribution in [3.05, 3.63) is 11.9 Å². The third kappa shape index (κ3) is 1.56. The summed E-state index contributed by atoms with van der Waals surface area (Å²) in [5, 5.41) is 0. The van der Waals surface area contributed by atoms with Gasteiger partial charge in [0.05, 0.1) is 0 Å². The predicted molar refractivity (Wildman–Crippen MR) is 39.2 cm³/mol. The lowest BCUT2D eigenvalue weighted by Crippen LogP contribution is -2.15. The Morgan fingerprint density at radius 1 is 1.67 bits per heavy atom. The molecule has 0 unspecified atom stereocenters. The van der Waals surface area contributed by atoms with Gasteiger partial charge < -0.3 is 5.73 Å². The summed E-state index contributed by atoms with van der Waals surface area (Å²) >= 11 is 0. The number of nitrogens with two attached hydrogens (primary N) is 1. The topological polar surface area (TPSA) is 38.4 Å². The Morgan fingerprint density at radius 3 is 2.67 bits per heavy atom. The Balaban J connectivity index is 2.78. The molecule has 0 aromatic carbocycles. The summed E-state index contributed by atoms with van der Waals surface area (Å²) in [7, 11) is 0. The second kappa shape index (κ2) is 1.87. The number of allylic oxidation sites excluding steroid dienone is 1. The number of hydrogen-bond acceptors (Lipinski definition) is 2. The SMILES string of the molecule is CC1(C)C=C(N)N=CC1. The van der Waals surface area contributed by atoms with Crippen molar-refractivity contribution in [2.45, 2.75) is 20.3 Å². The van der Waals surface area contributed by atoms with Crippen LogP contribution >= 0.6 is 0 Å². The molecule has 0 saturated carbocycles. The van der Waals surface area contributed by atoms with Crippen LogP contribution in [-0.2, 0) is 0 Å². The molecule has 0 aliphatic carbocycles. The summed E-state index contributed by atoms with van der Waals surface area (Å²) in [5.41, 5.74) is 5.69. The molecule has 0 fully saturated rings. The van der Waals surface area contributed by atoms with Crippen LogP contribution in [0.1, 0.15) is 20.3 Å². The zero-order chi connectivity index (χ0) is 6.91. The zero-order valence-electron chi connectivity index (χ0n) is 5.89. The molecule has 0 saturated heterocycles. The van der Waals surface area contributed by atoms with Crippen molar-refractivity contribution in [1.29, 1.82) is 0 Å². The Labute approximate surface area is 55.5 Å². The van der Waals surface area contributed by atoms with Crippen molar-refractivity contribution in [2.75, 3.05) is 0 Å². The highest BCUT2D eigenvalue weighted by atomic mass is 14.9. The van der Waals surface area contributed by atoms with Crippen LogP contribution in [0.4, 0.5) is 0 Å². The van der Waals surface area contributed by atoms with Crippen molar-refractivity contribution in [1.82, 2.24) is 0 Å². The van der Waals surface area contributed by atoms with Crippen LogP contribution in [0.2, 0.25) is 0 Å². The minimum atomic E-state index is 0.214. The molecule has 1 heterocycles. The van der Waals surface area contributed by atoms with Gasteiger partial charge >= 0.3 is 0 Å². The Bertz CT molecular complexity index is 166. The largest absolute Gasteiger partial charge is 0.384 e. The lowest BCUT2D eigenvalue weighted by Gasteiger charge is -2.20. The van der Waals surface area contributed by atoms with E-state index in [1.54, 1.807) is 0 Å². The van der Waals surface area contributed by atoms with E-state index in [9.17, 15) is 0 Å². The van der Waals surface area contributed by atoms with Crippen molar-refractivity contribution in [3.8, 4) is 0 Å². The lowest BCUT2D eigenvalue weighted by atomic mass is 9.88. The maximum atomic E-state index is 5.47. The molecule has 50 valence electrons. The maximum Gasteiger partial charge on any atom is 0.119 e. The van der Waals surface area contributed by atoms with Gasteiger partial charge in [-0.3, -0.25) is 0 Å².